The summed E-state index contributed by atoms with van der Waals surface area (Å²) in [6.45, 7) is 0.598. The molecule has 5 nitrogen and oxygen atoms in total. The van der Waals surface area contributed by atoms with Gasteiger partial charge in [0.2, 0.25) is 5.91 Å². The van der Waals surface area contributed by atoms with Crippen LogP contribution in [0.15, 0.2) is 60.2 Å². The SMILES string of the molecule is O=C(O)c1cccc(CCCN2C(=O)CC[C@@H]2C=CCCC2=CC(O)C(F)(F)C=C2)c1. The Labute approximate surface area is 180 Å². The van der Waals surface area contributed by atoms with Crippen LogP contribution in [0.3, 0.4) is 0 Å². The van der Waals surface area contributed by atoms with Crippen LogP contribution in [0.2, 0.25) is 0 Å². The Balaban J connectivity index is 1.47. The third kappa shape index (κ3) is 6.10. The summed E-state index contributed by atoms with van der Waals surface area (Å²) in [7, 11) is 0. The normalized spacial score (nSPS) is 22.9. The van der Waals surface area contributed by atoms with Crippen LogP contribution in [-0.2, 0) is 11.2 Å². The minimum Gasteiger partial charge on any atom is -0.478 e. The molecule has 1 aromatic rings. The maximum Gasteiger partial charge on any atom is 0.335 e. The summed E-state index contributed by atoms with van der Waals surface area (Å²) in [5, 5.41) is 18.5. The molecular weight excluding hydrogens is 404 g/mol. The molecule has 166 valence electrons. The fourth-order valence-electron chi connectivity index (χ4n) is 3.92. The minimum absolute atomic E-state index is 0.0173. The van der Waals surface area contributed by atoms with E-state index in [0.29, 0.717) is 37.8 Å². The predicted molar refractivity (Wildman–Crippen MR) is 113 cm³/mol. The summed E-state index contributed by atoms with van der Waals surface area (Å²) >= 11 is 0. The summed E-state index contributed by atoms with van der Waals surface area (Å²) in [5.41, 5.74) is 1.86. The molecule has 1 fully saturated rings. The highest BCUT2D eigenvalue weighted by molar-refractivity contribution is 5.87. The second-order valence-electron chi connectivity index (χ2n) is 7.96. The molecule has 7 heteroatoms. The Kier molecular flexibility index (Phi) is 7.38. The molecule has 1 saturated heterocycles. The van der Waals surface area contributed by atoms with Gasteiger partial charge in [0.25, 0.3) is 5.92 Å². The molecule has 0 saturated carbocycles. The van der Waals surface area contributed by atoms with Crippen LogP contribution in [0, 0.1) is 0 Å². The fraction of sp³-hybridized carbons (Fsp3) is 0.417. The molecule has 2 N–H and O–H groups in total. The number of nitrogens with zero attached hydrogens (tertiary/aromatic N) is 1. The van der Waals surface area contributed by atoms with E-state index in [4.69, 9.17) is 5.11 Å². The average molecular weight is 431 g/mol. The molecule has 1 aliphatic heterocycles. The van der Waals surface area contributed by atoms with Crippen molar-refractivity contribution in [3.05, 3.63) is 71.3 Å². The second-order valence-corrected chi connectivity index (χ2v) is 7.96. The van der Waals surface area contributed by atoms with Crippen molar-refractivity contribution in [1.82, 2.24) is 4.90 Å². The Hall–Kier alpha value is -2.80. The summed E-state index contributed by atoms with van der Waals surface area (Å²) in [4.78, 5) is 25.2. The van der Waals surface area contributed by atoms with E-state index in [1.807, 2.05) is 23.1 Å². The van der Waals surface area contributed by atoms with Crippen LogP contribution in [0.1, 0.15) is 48.0 Å². The number of halogens is 2. The van der Waals surface area contributed by atoms with Gasteiger partial charge in [-0.15, -0.1) is 0 Å². The molecule has 0 radical (unpaired) electrons. The third-order valence-electron chi connectivity index (χ3n) is 5.66. The van der Waals surface area contributed by atoms with Gasteiger partial charge < -0.3 is 15.1 Å². The molecule has 0 spiro atoms. The van der Waals surface area contributed by atoms with Gasteiger partial charge in [0.15, 0.2) is 0 Å². The summed E-state index contributed by atoms with van der Waals surface area (Å²) < 4.78 is 26.5. The van der Waals surface area contributed by atoms with Crippen LogP contribution in [-0.4, -0.2) is 51.6 Å². The Morgan fingerprint density at radius 3 is 2.84 bits per heavy atom. The summed E-state index contributed by atoms with van der Waals surface area (Å²) in [5.74, 6) is -4.05. The third-order valence-corrected chi connectivity index (χ3v) is 5.66. The van der Waals surface area contributed by atoms with Crippen molar-refractivity contribution in [3.63, 3.8) is 0 Å². The van der Waals surface area contributed by atoms with E-state index < -0.39 is 18.0 Å². The fourth-order valence-corrected chi connectivity index (χ4v) is 3.92. The Bertz CT molecular complexity index is 907. The van der Waals surface area contributed by atoms with Crippen LogP contribution in [0.25, 0.3) is 0 Å². The quantitative estimate of drug-likeness (QED) is 0.576. The number of carbonyl (C=O) groups excluding carboxylic acids is 1. The van der Waals surface area contributed by atoms with E-state index in [-0.39, 0.29) is 17.5 Å². The lowest BCUT2D eigenvalue weighted by molar-refractivity contribution is -0.128. The zero-order valence-electron chi connectivity index (χ0n) is 17.2. The lowest BCUT2D eigenvalue weighted by Crippen LogP contribution is -2.32. The van der Waals surface area contributed by atoms with Gasteiger partial charge >= 0.3 is 5.97 Å². The molecule has 2 atom stereocenters. The second kappa shape index (κ2) is 10.0. The monoisotopic (exact) mass is 431 g/mol. The molecule has 1 unspecified atom stereocenters. The first-order chi connectivity index (χ1) is 14.8. The van der Waals surface area contributed by atoms with Crippen LogP contribution in [0.5, 0.6) is 0 Å². The number of aliphatic hydroxyl groups excluding tert-OH is 1. The first kappa shape index (κ1) is 22.9. The predicted octanol–water partition coefficient (Wildman–Crippen LogP) is 4.14. The number of aryl methyl sites for hydroxylation is 1. The van der Waals surface area contributed by atoms with Crippen molar-refractivity contribution >= 4 is 11.9 Å². The number of carboxylic acid groups (broad SMARTS) is 1. The van der Waals surface area contributed by atoms with E-state index in [0.717, 1.165) is 24.5 Å². The van der Waals surface area contributed by atoms with Crippen molar-refractivity contribution in [2.45, 2.75) is 56.6 Å². The molecule has 1 aliphatic carbocycles. The van der Waals surface area contributed by atoms with Gasteiger partial charge in [-0.05, 0) is 67.5 Å². The number of carboxylic acids is 1. The van der Waals surface area contributed by atoms with Gasteiger partial charge in [0.05, 0.1) is 11.6 Å². The van der Waals surface area contributed by atoms with Crippen molar-refractivity contribution in [3.8, 4) is 0 Å². The molecule has 0 aromatic heterocycles. The summed E-state index contributed by atoms with van der Waals surface area (Å²) in [6.07, 6.45) is 9.30. The standard InChI is InChI=1S/C24H27F2NO4/c25-24(26)13-12-18(16-21(24)28)5-1-2-9-20-10-11-22(29)27(20)14-4-7-17-6-3-8-19(15-17)23(30)31/h2-3,6,8-9,12-13,15-16,20-21,28H,1,4-5,7,10-11,14H2,(H,30,31)/t20-,21?/m0/s1. The Morgan fingerprint density at radius 2 is 2.10 bits per heavy atom. The average Bonchev–Trinajstić information content (AvgIpc) is 3.08. The van der Waals surface area contributed by atoms with Crippen molar-refractivity contribution < 1.29 is 28.6 Å². The molecule has 0 bridgehead atoms. The largest absolute Gasteiger partial charge is 0.478 e. The highest BCUT2D eigenvalue weighted by atomic mass is 19.3. The first-order valence-electron chi connectivity index (χ1n) is 10.5. The highest BCUT2D eigenvalue weighted by Gasteiger charge is 2.36. The van der Waals surface area contributed by atoms with E-state index in [1.54, 1.807) is 18.2 Å². The van der Waals surface area contributed by atoms with Gasteiger partial charge in [-0.25, -0.2) is 4.79 Å². The minimum atomic E-state index is -3.21. The maximum atomic E-state index is 13.3. The number of allylic oxidation sites excluding steroid dienone is 3. The number of benzene rings is 1. The molecule has 1 aromatic carbocycles. The van der Waals surface area contributed by atoms with Crippen molar-refractivity contribution in [2.24, 2.45) is 0 Å². The first-order valence-corrected chi connectivity index (χ1v) is 10.5. The van der Waals surface area contributed by atoms with Gasteiger partial charge in [-0.1, -0.05) is 30.4 Å². The van der Waals surface area contributed by atoms with Crippen LogP contribution < -0.4 is 0 Å². The number of amides is 1. The van der Waals surface area contributed by atoms with Crippen molar-refractivity contribution in [2.75, 3.05) is 6.54 Å². The van der Waals surface area contributed by atoms with E-state index in [1.165, 1.54) is 12.2 Å². The number of hydrogen-bond donors (Lipinski definition) is 2. The molecule has 2 aliphatic rings. The Morgan fingerprint density at radius 1 is 1.29 bits per heavy atom. The van der Waals surface area contributed by atoms with E-state index >= 15 is 0 Å². The number of likely N-dealkylation sites (tertiary alicyclic amines) is 1. The topological polar surface area (TPSA) is 77.8 Å². The number of carbonyl (C=O) groups is 2. The van der Waals surface area contributed by atoms with Gasteiger partial charge in [0.1, 0.15) is 6.10 Å². The van der Waals surface area contributed by atoms with Gasteiger partial charge in [-0.3, -0.25) is 4.79 Å². The number of rotatable bonds is 9. The van der Waals surface area contributed by atoms with Gasteiger partial charge in [0, 0.05) is 13.0 Å². The zero-order valence-corrected chi connectivity index (χ0v) is 17.2. The van der Waals surface area contributed by atoms with E-state index in [2.05, 4.69) is 0 Å². The molecule has 1 heterocycles. The summed E-state index contributed by atoms with van der Waals surface area (Å²) in [6, 6.07) is 6.84. The number of aliphatic hydroxyl groups is 1. The van der Waals surface area contributed by atoms with Crippen molar-refractivity contribution in [1.29, 1.82) is 0 Å². The van der Waals surface area contributed by atoms with Crippen LogP contribution >= 0.6 is 0 Å². The maximum absolute atomic E-state index is 13.3. The lowest BCUT2D eigenvalue weighted by Gasteiger charge is -2.22. The number of hydrogen-bond acceptors (Lipinski definition) is 3. The molecule has 31 heavy (non-hydrogen) atoms. The molecule has 3 rings (SSSR count). The van der Waals surface area contributed by atoms with Crippen LogP contribution in [0.4, 0.5) is 8.78 Å². The number of aromatic carboxylic acids is 1. The van der Waals surface area contributed by atoms with E-state index in [9.17, 15) is 23.5 Å². The number of alkyl halides is 2. The molecular formula is C24H27F2NO4. The highest BCUT2D eigenvalue weighted by Crippen LogP contribution is 2.28. The smallest absolute Gasteiger partial charge is 0.335 e. The van der Waals surface area contributed by atoms with Gasteiger partial charge in [-0.2, -0.15) is 8.78 Å². The zero-order chi connectivity index (χ0) is 22.4. The molecule has 1 amide bonds. The lowest BCUT2D eigenvalue weighted by atomic mass is 9.98.